The van der Waals surface area contributed by atoms with Gasteiger partial charge in [0.15, 0.2) is 0 Å². The summed E-state index contributed by atoms with van der Waals surface area (Å²) in [6.07, 6.45) is 1.32. The van der Waals surface area contributed by atoms with E-state index in [9.17, 15) is 4.79 Å². The van der Waals surface area contributed by atoms with Gasteiger partial charge in [-0.3, -0.25) is 0 Å². The molecule has 0 saturated carbocycles. The van der Waals surface area contributed by atoms with Crippen LogP contribution in [0.4, 0.5) is 0 Å². The molecule has 1 aromatic carbocycles. The van der Waals surface area contributed by atoms with Gasteiger partial charge in [-0.05, 0) is 37.3 Å². The lowest BCUT2D eigenvalue weighted by Crippen LogP contribution is -2.05. The van der Waals surface area contributed by atoms with Gasteiger partial charge in [0.25, 0.3) is 0 Å². The van der Waals surface area contributed by atoms with E-state index in [1.807, 2.05) is 0 Å². The maximum Gasteiger partial charge on any atom is 0.349 e. The molecule has 0 spiro atoms. The highest BCUT2D eigenvalue weighted by Crippen LogP contribution is 2.31. The summed E-state index contributed by atoms with van der Waals surface area (Å²) in [6.45, 7) is 1.86. The molecule has 0 aliphatic heterocycles. The van der Waals surface area contributed by atoms with Gasteiger partial charge < -0.3 is 9.15 Å². The summed E-state index contributed by atoms with van der Waals surface area (Å²) in [5.74, 6) is 0.173. The average molecular weight is 336 g/mol. The molecular weight excluding hydrogens is 325 g/mol. The standard InChI is InChI=1S/C16H11Cl2NO3/c1-2-21-16(20)10(9-19)7-12-4-6-15(22-12)13-5-3-11(17)8-14(13)18/h3-8H,2H2,1H3/b10-7+. The normalized spacial score (nSPS) is 11.1. The van der Waals surface area contributed by atoms with E-state index < -0.39 is 5.97 Å². The molecule has 0 bridgehead atoms. The van der Waals surface area contributed by atoms with E-state index in [1.54, 1.807) is 43.3 Å². The monoisotopic (exact) mass is 335 g/mol. The number of hydrogen-bond donors (Lipinski definition) is 0. The molecule has 0 aliphatic carbocycles. The number of hydrogen-bond acceptors (Lipinski definition) is 4. The number of nitrogens with zero attached hydrogens (tertiary/aromatic N) is 1. The van der Waals surface area contributed by atoms with Crippen LogP contribution in [0.25, 0.3) is 17.4 Å². The van der Waals surface area contributed by atoms with Crippen molar-refractivity contribution in [1.29, 1.82) is 5.26 Å². The summed E-state index contributed by atoms with van der Waals surface area (Å²) in [7, 11) is 0. The molecule has 6 heteroatoms. The fraction of sp³-hybridized carbons (Fsp3) is 0.125. The number of halogens is 2. The molecule has 1 aromatic heterocycles. The van der Waals surface area contributed by atoms with Crippen molar-refractivity contribution in [1.82, 2.24) is 0 Å². The first-order chi connectivity index (χ1) is 10.5. The number of benzene rings is 1. The van der Waals surface area contributed by atoms with E-state index in [2.05, 4.69) is 0 Å². The fourth-order valence-electron chi connectivity index (χ4n) is 1.75. The zero-order valence-electron chi connectivity index (χ0n) is 11.6. The Bertz CT molecular complexity index is 772. The van der Waals surface area contributed by atoms with Crippen molar-refractivity contribution >= 4 is 35.2 Å². The third-order valence-electron chi connectivity index (χ3n) is 2.73. The zero-order chi connectivity index (χ0) is 16.1. The second kappa shape index (κ2) is 7.17. The summed E-state index contributed by atoms with van der Waals surface area (Å²) in [4.78, 5) is 11.6. The molecule has 0 fully saturated rings. The van der Waals surface area contributed by atoms with Crippen LogP contribution >= 0.6 is 23.2 Å². The minimum absolute atomic E-state index is 0.134. The summed E-state index contributed by atoms with van der Waals surface area (Å²) >= 11 is 12.0. The van der Waals surface area contributed by atoms with E-state index in [4.69, 9.17) is 37.6 Å². The van der Waals surface area contributed by atoms with Crippen LogP contribution in [-0.2, 0) is 9.53 Å². The number of esters is 1. The number of carbonyl (C=O) groups is 1. The fourth-order valence-corrected chi connectivity index (χ4v) is 2.25. The highest BCUT2D eigenvalue weighted by Gasteiger charge is 2.13. The van der Waals surface area contributed by atoms with Gasteiger partial charge in [-0.25, -0.2) is 4.79 Å². The van der Waals surface area contributed by atoms with Crippen molar-refractivity contribution < 1.29 is 13.9 Å². The number of furan rings is 1. The largest absolute Gasteiger partial charge is 0.462 e. The van der Waals surface area contributed by atoms with Crippen LogP contribution in [-0.4, -0.2) is 12.6 Å². The smallest absolute Gasteiger partial charge is 0.349 e. The highest BCUT2D eigenvalue weighted by atomic mass is 35.5. The first-order valence-corrected chi connectivity index (χ1v) is 7.15. The summed E-state index contributed by atoms with van der Waals surface area (Å²) in [5, 5.41) is 9.96. The van der Waals surface area contributed by atoms with Gasteiger partial charge in [-0.1, -0.05) is 23.2 Å². The van der Waals surface area contributed by atoms with Crippen molar-refractivity contribution in [2.24, 2.45) is 0 Å². The molecule has 0 saturated heterocycles. The van der Waals surface area contributed by atoms with Crippen molar-refractivity contribution in [2.45, 2.75) is 6.92 Å². The van der Waals surface area contributed by atoms with Crippen LogP contribution in [0.3, 0.4) is 0 Å². The zero-order valence-corrected chi connectivity index (χ0v) is 13.1. The molecule has 1 heterocycles. The van der Waals surface area contributed by atoms with Gasteiger partial charge in [0.1, 0.15) is 23.2 Å². The SMILES string of the molecule is CCOC(=O)/C(C#N)=C/c1ccc(-c2ccc(Cl)cc2Cl)o1. The number of carbonyl (C=O) groups excluding carboxylic acids is 1. The lowest BCUT2D eigenvalue weighted by Gasteiger charge is -2.01. The Balaban J connectivity index is 2.32. The van der Waals surface area contributed by atoms with E-state index in [0.29, 0.717) is 27.1 Å². The first kappa shape index (κ1) is 16.2. The summed E-state index contributed by atoms with van der Waals surface area (Å²) in [6, 6.07) is 10.1. The Hall–Kier alpha value is -2.22. The van der Waals surface area contributed by atoms with Crippen LogP contribution in [0.15, 0.2) is 40.3 Å². The molecule has 0 atom stereocenters. The predicted octanol–water partition coefficient (Wildman–Crippen LogP) is 4.72. The van der Waals surface area contributed by atoms with E-state index >= 15 is 0 Å². The topological polar surface area (TPSA) is 63.2 Å². The number of rotatable bonds is 4. The van der Waals surface area contributed by atoms with Crippen LogP contribution in [0.5, 0.6) is 0 Å². The maximum atomic E-state index is 11.6. The van der Waals surface area contributed by atoms with Gasteiger partial charge in [0.2, 0.25) is 0 Å². The first-order valence-electron chi connectivity index (χ1n) is 6.39. The minimum atomic E-state index is -0.688. The molecule has 4 nitrogen and oxygen atoms in total. The molecule has 0 amide bonds. The van der Waals surface area contributed by atoms with Gasteiger partial charge in [0, 0.05) is 16.7 Å². The predicted molar refractivity (Wildman–Crippen MR) is 84.4 cm³/mol. The number of nitriles is 1. The molecule has 0 radical (unpaired) electrons. The average Bonchev–Trinajstić information content (AvgIpc) is 2.93. The van der Waals surface area contributed by atoms with Gasteiger partial charge in [0.05, 0.1) is 11.6 Å². The van der Waals surface area contributed by atoms with Gasteiger partial charge in [-0.15, -0.1) is 0 Å². The summed E-state index contributed by atoms with van der Waals surface area (Å²) in [5.41, 5.74) is 0.533. The Labute approximate surface area is 137 Å². The van der Waals surface area contributed by atoms with Crippen LogP contribution < -0.4 is 0 Å². The Morgan fingerprint density at radius 2 is 2.14 bits per heavy atom. The van der Waals surface area contributed by atoms with Crippen LogP contribution in [0.1, 0.15) is 12.7 Å². The third-order valence-corrected chi connectivity index (χ3v) is 3.27. The molecule has 0 N–H and O–H groups in total. The van der Waals surface area contributed by atoms with Crippen LogP contribution in [0, 0.1) is 11.3 Å². The Kier molecular flexibility index (Phi) is 5.26. The molecular formula is C16H11Cl2NO3. The quantitative estimate of drug-likeness (QED) is 0.460. The van der Waals surface area contributed by atoms with E-state index in [1.165, 1.54) is 6.08 Å². The van der Waals surface area contributed by atoms with Crippen molar-refractivity contribution in [3.8, 4) is 17.4 Å². The lowest BCUT2D eigenvalue weighted by atomic mass is 10.2. The van der Waals surface area contributed by atoms with Crippen molar-refractivity contribution in [3.05, 3.63) is 51.7 Å². The molecule has 22 heavy (non-hydrogen) atoms. The van der Waals surface area contributed by atoms with Crippen molar-refractivity contribution in [3.63, 3.8) is 0 Å². The van der Waals surface area contributed by atoms with Crippen LogP contribution in [0.2, 0.25) is 10.0 Å². The molecule has 0 unspecified atom stereocenters. The molecule has 112 valence electrons. The van der Waals surface area contributed by atoms with E-state index in [0.717, 1.165) is 0 Å². The lowest BCUT2D eigenvalue weighted by molar-refractivity contribution is -0.137. The minimum Gasteiger partial charge on any atom is -0.462 e. The van der Waals surface area contributed by atoms with Crippen molar-refractivity contribution in [2.75, 3.05) is 6.61 Å². The number of ether oxygens (including phenoxy) is 1. The Morgan fingerprint density at radius 3 is 2.77 bits per heavy atom. The van der Waals surface area contributed by atoms with E-state index in [-0.39, 0.29) is 12.2 Å². The third kappa shape index (κ3) is 3.70. The highest BCUT2D eigenvalue weighted by molar-refractivity contribution is 6.36. The molecule has 2 aromatic rings. The van der Waals surface area contributed by atoms with Gasteiger partial charge >= 0.3 is 5.97 Å². The summed E-state index contributed by atoms with van der Waals surface area (Å²) < 4.78 is 10.4. The Morgan fingerprint density at radius 1 is 1.36 bits per heavy atom. The van der Waals surface area contributed by atoms with Gasteiger partial charge in [-0.2, -0.15) is 5.26 Å². The second-order valence-corrected chi connectivity index (χ2v) is 5.06. The molecule has 2 rings (SSSR count). The second-order valence-electron chi connectivity index (χ2n) is 4.22. The molecule has 0 aliphatic rings. The maximum absolute atomic E-state index is 11.6.